The summed E-state index contributed by atoms with van der Waals surface area (Å²) in [7, 11) is 0. The standard InChI is InChI=1S/C72H114O6/c1-4-7-10-13-16-19-22-24-26-28-30-32-33-34-35-36-37-38-39-41-42-44-46-48-50-53-56-59-62-65-71(74)77-68-69(67-76-70(73)64-61-58-55-52-21-18-15-12-9-6-3)78-72(75)66-63-60-57-54-51-49-47-45-43-40-31-29-27-25-23-20-17-14-11-8-5-2/h7-8,10-11,16-17,19-20,24-27,30-32,34-35,37-38,40-42,45-48,69H,4-6,9,12-15,18,21-23,28-29,33,36,39,43-44,49-68H2,1-3H3/b10-7-,11-8-,19-16-,20-17-,26-24-,27-25-,32-30-,35-34-,38-37-,40-31-,42-41-,47-45-,48-46-. The molecule has 1 unspecified atom stereocenters. The summed E-state index contributed by atoms with van der Waals surface area (Å²) >= 11 is 0. The topological polar surface area (TPSA) is 78.9 Å². The minimum absolute atomic E-state index is 0.0990. The highest BCUT2D eigenvalue weighted by Crippen LogP contribution is 2.14. The third kappa shape index (κ3) is 61.9. The molecule has 0 spiro atoms. The molecule has 0 fully saturated rings. The van der Waals surface area contributed by atoms with Gasteiger partial charge in [-0.05, 0) is 128 Å². The molecule has 0 aromatic heterocycles. The van der Waals surface area contributed by atoms with Gasteiger partial charge in [0.2, 0.25) is 0 Å². The smallest absolute Gasteiger partial charge is 0.306 e. The largest absolute Gasteiger partial charge is 0.462 e. The molecular formula is C72H114O6. The fraction of sp³-hybridized carbons (Fsp3) is 0.597. The third-order valence-electron chi connectivity index (χ3n) is 12.8. The van der Waals surface area contributed by atoms with Crippen LogP contribution in [0.15, 0.2) is 158 Å². The van der Waals surface area contributed by atoms with Crippen molar-refractivity contribution in [3.8, 4) is 0 Å². The molecule has 0 N–H and O–H groups in total. The van der Waals surface area contributed by atoms with Crippen molar-refractivity contribution in [2.24, 2.45) is 0 Å². The molecule has 78 heavy (non-hydrogen) atoms. The summed E-state index contributed by atoms with van der Waals surface area (Å²) in [5.41, 5.74) is 0. The van der Waals surface area contributed by atoms with Crippen LogP contribution in [0.2, 0.25) is 0 Å². The van der Waals surface area contributed by atoms with Crippen LogP contribution < -0.4 is 0 Å². The van der Waals surface area contributed by atoms with Crippen molar-refractivity contribution in [2.45, 2.75) is 264 Å². The predicted molar refractivity (Wildman–Crippen MR) is 338 cm³/mol. The third-order valence-corrected chi connectivity index (χ3v) is 12.8. The van der Waals surface area contributed by atoms with Gasteiger partial charge in [-0.1, -0.05) is 269 Å². The van der Waals surface area contributed by atoms with Crippen LogP contribution in [0.3, 0.4) is 0 Å². The molecule has 0 saturated heterocycles. The Kier molecular flexibility index (Phi) is 60.4. The molecule has 0 aliphatic rings. The maximum absolute atomic E-state index is 12.9. The first-order chi connectivity index (χ1) is 38.5. The second-order valence-corrected chi connectivity index (χ2v) is 20.2. The molecule has 0 bridgehead atoms. The Balaban J connectivity index is 4.39. The molecule has 438 valence electrons. The van der Waals surface area contributed by atoms with Gasteiger partial charge in [-0.15, -0.1) is 0 Å². The zero-order chi connectivity index (χ0) is 56.4. The number of esters is 3. The number of carbonyl (C=O) groups excluding carboxylic acids is 3. The van der Waals surface area contributed by atoms with Crippen molar-refractivity contribution in [2.75, 3.05) is 13.2 Å². The lowest BCUT2D eigenvalue weighted by atomic mass is 10.1. The van der Waals surface area contributed by atoms with Crippen molar-refractivity contribution in [1.82, 2.24) is 0 Å². The Morgan fingerprint density at radius 2 is 0.500 bits per heavy atom. The predicted octanol–water partition coefficient (Wildman–Crippen LogP) is 21.7. The highest BCUT2D eigenvalue weighted by Gasteiger charge is 2.19. The van der Waals surface area contributed by atoms with Crippen molar-refractivity contribution in [3.05, 3.63) is 158 Å². The summed E-state index contributed by atoms with van der Waals surface area (Å²) < 4.78 is 16.8. The summed E-state index contributed by atoms with van der Waals surface area (Å²) in [5, 5.41) is 0. The molecule has 1 atom stereocenters. The number of hydrogen-bond acceptors (Lipinski definition) is 6. The van der Waals surface area contributed by atoms with Crippen LogP contribution in [0, 0.1) is 0 Å². The first-order valence-electron chi connectivity index (χ1n) is 31.5. The van der Waals surface area contributed by atoms with E-state index in [1.54, 1.807) is 0 Å². The van der Waals surface area contributed by atoms with E-state index in [-0.39, 0.29) is 31.1 Å². The van der Waals surface area contributed by atoms with Crippen LogP contribution in [0.5, 0.6) is 0 Å². The summed E-state index contributed by atoms with van der Waals surface area (Å²) in [6, 6.07) is 0. The SMILES string of the molecule is CC/C=C\C/C=C\C/C=C\C/C=C\C/C=C\C/C=C\C/C=C\C/C=C\CCCCCCC(=O)OCC(COC(=O)CCCCCCCCCCCC)OC(=O)CCCCCCC/C=C\C/C=C\C/C=C\C/C=C\C/C=C\CC. The number of unbranched alkanes of at least 4 members (excludes halogenated alkanes) is 18. The Labute approximate surface area is 480 Å². The molecular weight excluding hydrogens is 961 g/mol. The summed E-state index contributed by atoms with van der Waals surface area (Å²) in [5.74, 6) is -0.950. The molecule has 0 aliphatic heterocycles. The maximum atomic E-state index is 12.9. The highest BCUT2D eigenvalue weighted by molar-refractivity contribution is 5.71. The number of ether oxygens (including phenoxy) is 3. The average molecular weight is 1080 g/mol. The molecule has 0 aliphatic carbocycles. The van der Waals surface area contributed by atoms with Crippen LogP contribution in [0.1, 0.15) is 258 Å². The van der Waals surface area contributed by atoms with E-state index in [0.717, 1.165) is 173 Å². The van der Waals surface area contributed by atoms with E-state index in [1.165, 1.54) is 44.9 Å². The zero-order valence-electron chi connectivity index (χ0n) is 50.1. The second-order valence-electron chi connectivity index (χ2n) is 20.2. The van der Waals surface area contributed by atoms with Gasteiger partial charge >= 0.3 is 17.9 Å². The van der Waals surface area contributed by atoms with Gasteiger partial charge in [0, 0.05) is 19.3 Å². The van der Waals surface area contributed by atoms with Crippen molar-refractivity contribution in [3.63, 3.8) is 0 Å². The summed E-state index contributed by atoms with van der Waals surface area (Å²) in [6.45, 7) is 6.36. The van der Waals surface area contributed by atoms with Crippen molar-refractivity contribution >= 4 is 17.9 Å². The fourth-order valence-electron chi connectivity index (χ4n) is 8.13. The highest BCUT2D eigenvalue weighted by atomic mass is 16.6. The van der Waals surface area contributed by atoms with Crippen LogP contribution in [-0.4, -0.2) is 37.2 Å². The van der Waals surface area contributed by atoms with Gasteiger partial charge in [0.1, 0.15) is 13.2 Å². The lowest BCUT2D eigenvalue weighted by Gasteiger charge is -2.18. The Morgan fingerprint density at radius 1 is 0.269 bits per heavy atom. The molecule has 0 aromatic rings. The maximum Gasteiger partial charge on any atom is 0.306 e. The van der Waals surface area contributed by atoms with Gasteiger partial charge in [0.05, 0.1) is 0 Å². The van der Waals surface area contributed by atoms with Gasteiger partial charge in [-0.25, -0.2) is 0 Å². The monoisotopic (exact) mass is 1070 g/mol. The number of rotatable bonds is 55. The van der Waals surface area contributed by atoms with Gasteiger partial charge in [-0.2, -0.15) is 0 Å². The number of allylic oxidation sites excluding steroid dienone is 26. The Hall–Kier alpha value is -4.97. The average Bonchev–Trinajstić information content (AvgIpc) is 3.44. The van der Waals surface area contributed by atoms with E-state index in [2.05, 4.69) is 179 Å². The fourth-order valence-corrected chi connectivity index (χ4v) is 8.13. The lowest BCUT2D eigenvalue weighted by molar-refractivity contribution is -0.167. The minimum Gasteiger partial charge on any atom is -0.462 e. The quantitative estimate of drug-likeness (QED) is 0.0261. The lowest BCUT2D eigenvalue weighted by Crippen LogP contribution is -2.30. The van der Waals surface area contributed by atoms with Gasteiger partial charge in [0.25, 0.3) is 0 Å². The van der Waals surface area contributed by atoms with Crippen LogP contribution >= 0.6 is 0 Å². The van der Waals surface area contributed by atoms with E-state index in [9.17, 15) is 14.4 Å². The number of hydrogen-bond donors (Lipinski definition) is 0. The normalized spacial score (nSPS) is 13.2. The first-order valence-corrected chi connectivity index (χ1v) is 31.5. The van der Waals surface area contributed by atoms with Crippen LogP contribution in [0.4, 0.5) is 0 Å². The molecule has 0 radical (unpaired) electrons. The van der Waals surface area contributed by atoms with Crippen LogP contribution in [0.25, 0.3) is 0 Å². The van der Waals surface area contributed by atoms with E-state index >= 15 is 0 Å². The zero-order valence-corrected chi connectivity index (χ0v) is 50.1. The Bertz CT molecular complexity index is 1760. The first kappa shape index (κ1) is 73.0. The van der Waals surface area contributed by atoms with Gasteiger partial charge in [-0.3, -0.25) is 14.4 Å². The molecule has 0 heterocycles. The van der Waals surface area contributed by atoms with E-state index in [0.29, 0.717) is 19.3 Å². The molecule has 0 amide bonds. The summed E-state index contributed by atoms with van der Waals surface area (Å²) in [6.07, 6.45) is 93.9. The summed E-state index contributed by atoms with van der Waals surface area (Å²) in [4.78, 5) is 38.2. The minimum atomic E-state index is -0.806. The second kappa shape index (κ2) is 64.6. The Morgan fingerprint density at radius 3 is 0.782 bits per heavy atom. The molecule has 0 rings (SSSR count). The van der Waals surface area contributed by atoms with Gasteiger partial charge in [0.15, 0.2) is 6.10 Å². The molecule has 6 nitrogen and oxygen atoms in total. The van der Waals surface area contributed by atoms with Crippen molar-refractivity contribution in [1.29, 1.82) is 0 Å². The van der Waals surface area contributed by atoms with E-state index < -0.39 is 6.10 Å². The van der Waals surface area contributed by atoms with Gasteiger partial charge < -0.3 is 14.2 Å². The van der Waals surface area contributed by atoms with E-state index in [1.807, 2.05) is 0 Å². The van der Waals surface area contributed by atoms with E-state index in [4.69, 9.17) is 14.2 Å². The molecule has 0 saturated carbocycles. The molecule has 6 heteroatoms. The van der Waals surface area contributed by atoms with Crippen LogP contribution in [-0.2, 0) is 28.6 Å². The van der Waals surface area contributed by atoms with Crippen molar-refractivity contribution < 1.29 is 28.6 Å². The number of carbonyl (C=O) groups is 3. The molecule has 0 aromatic carbocycles.